The Balaban J connectivity index is 2.59. The van der Waals surface area contributed by atoms with E-state index in [1.54, 1.807) is 0 Å². The fraction of sp³-hybridized carbons (Fsp3) is 0.462. The summed E-state index contributed by atoms with van der Waals surface area (Å²) in [5, 5.41) is 0. The molecular formula is C13H17F3N2O. The van der Waals surface area contributed by atoms with Crippen LogP contribution in [0.25, 0.3) is 0 Å². The average molecular weight is 274 g/mol. The van der Waals surface area contributed by atoms with E-state index in [1.807, 2.05) is 30.3 Å². The Morgan fingerprint density at radius 1 is 1.21 bits per heavy atom. The van der Waals surface area contributed by atoms with Gasteiger partial charge in [-0.3, -0.25) is 4.79 Å². The van der Waals surface area contributed by atoms with Crippen molar-refractivity contribution < 1.29 is 18.0 Å². The quantitative estimate of drug-likeness (QED) is 0.865. The summed E-state index contributed by atoms with van der Waals surface area (Å²) in [7, 11) is 0. The molecule has 1 aromatic rings. The van der Waals surface area contributed by atoms with Gasteiger partial charge in [-0.05, 0) is 5.56 Å². The predicted molar refractivity (Wildman–Crippen MR) is 66.2 cm³/mol. The zero-order valence-electron chi connectivity index (χ0n) is 10.5. The summed E-state index contributed by atoms with van der Waals surface area (Å²) in [6.07, 6.45) is -5.94. The maximum Gasteiger partial charge on any atom is 0.389 e. The second-order valence-corrected chi connectivity index (χ2v) is 4.20. The molecule has 6 heteroatoms. The second-order valence-electron chi connectivity index (χ2n) is 4.20. The van der Waals surface area contributed by atoms with Crippen LogP contribution in [-0.2, 0) is 11.3 Å². The van der Waals surface area contributed by atoms with Crippen LogP contribution in [0.4, 0.5) is 13.2 Å². The molecule has 0 aliphatic rings. The summed E-state index contributed by atoms with van der Waals surface area (Å²) in [6.45, 7) is 0.769. The van der Waals surface area contributed by atoms with Crippen molar-refractivity contribution in [2.24, 2.45) is 5.73 Å². The number of benzene rings is 1. The highest BCUT2D eigenvalue weighted by Gasteiger charge is 2.29. The number of hydrogen-bond acceptors (Lipinski definition) is 2. The molecule has 0 atom stereocenters. The van der Waals surface area contributed by atoms with E-state index in [2.05, 4.69) is 0 Å². The molecule has 0 aliphatic carbocycles. The monoisotopic (exact) mass is 274 g/mol. The van der Waals surface area contributed by atoms with Crippen LogP contribution in [0.3, 0.4) is 0 Å². The molecule has 1 amide bonds. The van der Waals surface area contributed by atoms with Crippen LogP contribution in [0.5, 0.6) is 0 Å². The number of carbonyl (C=O) groups excluding carboxylic acids is 1. The molecule has 0 unspecified atom stereocenters. The topological polar surface area (TPSA) is 46.3 Å². The van der Waals surface area contributed by atoms with Gasteiger partial charge in [0.25, 0.3) is 0 Å². The minimum Gasteiger partial charge on any atom is -0.337 e. The number of amides is 1. The Morgan fingerprint density at radius 2 is 1.84 bits per heavy atom. The SMILES string of the molecule is NCCN(Cc1ccccc1)C(=O)CCC(F)(F)F. The highest BCUT2D eigenvalue weighted by molar-refractivity contribution is 5.76. The maximum atomic E-state index is 12.1. The van der Waals surface area contributed by atoms with Gasteiger partial charge in [-0.15, -0.1) is 0 Å². The van der Waals surface area contributed by atoms with Gasteiger partial charge in [-0.25, -0.2) is 0 Å². The first-order valence-electron chi connectivity index (χ1n) is 6.01. The fourth-order valence-electron chi connectivity index (χ4n) is 1.66. The highest BCUT2D eigenvalue weighted by Crippen LogP contribution is 2.22. The second kappa shape index (κ2) is 7.13. The average Bonchev–Trinajstić information content (AvgIpc) is 2.36. The maximum absolute atomic E-state index is 12.1. The first-order valence-corrected chi connectivity index (χ1v) is 6.01. The van der Waals surface area contributed by atoms with Crippen molar-refractivity contribution in [1.29, 1.82) is 0 Å². The highest BCUT2D eigenvalue weighted by atomic mass is 19.4. The van der Waals surface area contributed by atoms with Crippen molar-refractivity contribution >= 4 is 5.91 Å². The van der Waals surface area contributed by atoms with E-state index in [9.17, 15) is 18.0 Å². The van der Waals surface area contributed by atoms with Gasteiger partial charge in [-0.1, -0.05) is 30.3 Å². The molecule has 106 valence electrons. The summed E-state index contributed by atoms with van der Waals surface area (Å²) in [5.74, 6) is -0.522. The van der Waals surface area contributed by atoms with Crippen LogP contribution in [0.1, 0.15) is 18.4 Å². The molecular weight excluding hydrogens is 257 g/mol. The summed E-state index contributed by atoms with van der Waals surface area (Å²) < 4.78 is 36.3. The third-order valence-electron chi connectivity index (χ3n) is 2.59. The van der Waals surface area contributed by atoms with Crippen LogP contribution in [0, 0.1) is 0 Å². The van der Waals surface area contributed by atoms with E-state index in [0.29, 0.717) is 0 Å². The van der Waals surface area contributed by atoms with Crippen LogP contribution in [0.2, 0.25) is 0 Å². The van der Waals surface area contributed by atoms with Gasteiger partial charge in [-0.2, -0.15) is 13.2 Å². The Labute approximate surface area is 110 Å². The lowest BCUT2D eigenvalue weighted by Crippen LogP contribution is -2.35. The predicted octanol–water partition coefficient (Wildman–Crippen LogP) is 2.32. The molecule has 0 aliphatic heterocycles. The lowest BCUT2D eigenvalue weighted by molar-refractivity contribution is -0.149. The third kappa shape index (κ3) is 6.24. The molecule has 19 heavy (non-hydrogen) atoms. The lowest BCUT2D eigenvalue weighted by atomic mass is 10.2. The van der Waals surface area contributed by atoms with Crippen LogP contribution >= 0.6 is 0 Å². The van der Waals surface area contributed by atoms with E-state index >= 15 is 0 Å². The van der Waals surface area contributed by atoms with E-state index in [1.165, 1.54) is 4.90 Å². The Hall–Kier alpha value is -1.56. The molecule has 0 fully saturated rings. The number of rotatable bonds is 6. The number of nitrogens with zero attached hydrogens (tertiary/aromatic N) is 1. The third-order valence-corrected chi connectivity index (χ3v) is 2.59. The molecule has 0 saturated carbocycles. The lowest BCUT2D eigenvalue weighted by Gasteiger charge is -2.22. The summed E-state index contributed by atoms with van der Waals surface area (Å²) >= 11 is 0. The van der Waals surface area contributed by atoms with Crippen molar-refractivity contribution in [2.45, 2.75) is 25.6 Å². The minimum absolute atomic E-state index is 0.227. The molecule has 0 spiro atoms. The van der Waals surface area contributed by atoms with Crippen molar-refractivity contribution in [3.8, 4) is 0 Å². The molecule has 3 nitrogen and oxygen atoms in total. The minimum atomic E-state index is -4.31. The normalized spacial score (nSPS) is 11.4. The van der Waals surface area contributed by atoms with Gasteiger partial charge in [0.2, 0.25) is 5.91 Å². The van der Waals surface area contributed by atoms with E-state index in [0.717, 1.165) is 5.56 Å². The Bertz CT molecular complexity index is 393. The van der Waals surface area contributed by atoms with Gasteiger partial charge < -0.3 is 10.6 Å². The van der Waals surface area contributed by atoms with Gasteiger partial charge in [0.05, 0.1) is 6.42 Å². The molecule has 0 saturated heterocycles. The molecule has 0 radical (unpaired) electrons. The molecule has 2 N–H and O–H groups in total. The molecule has 1 aromatic carbocycles. The largest absolute Gasteiger partial charge is 0.389 e. The Kier molecular flexibility index (Phi) is 5.82. The number of alkyl halides is 3. The van der Waals surface area contributed by atoms with Crippen LogP contribution in [-0.4, -0.2) is 30.1 Å². The van der Waals surface area contributed by atoms with Gasteiger partial charge in [0.1, 0.15) is 0 Å². The smallest absolute Gasteiger partial charge is 0.337 e. The zero-order chi connectivity index (χ0) is 14.3. The fourth-order valence-corrected chi connectivity index (χ4v) is 1.66. The first-order chi connectivity index (χ1) is 8.92. The van der Waals surface area contributed by atoms with Gasteiger partial charge >= 0.3 is 6.18 Å². The van der Waals surface area contributed by atoms with Crippen molar-refractivity contribution in [1.82, 2.24) is 4.90 Å². The molecule has 0 bridgehead atoms. The van der Waals surface area contributed by atoms with Crippen molar-refractivity contribution in [3.63, 3.8) is 0 Å². The molecule has 0 heterocycles. The first kappa shape index (κ1) is 15.5. The van der Waals surface area contributed by atoms with Gasteiger partial charge in [0, 0.05) is 26.1 Å². The van der Waals surface area contributed by atoms with E-state index < -0.39 is 24.9 Å². The standard InChI is InChI=1S/C13H17F3N2O/c14-13(15,16)7-6-12(19)18(9-8-17)10-11-4-2-1-3-5-11/h1-5H,6-10,17H2. The molecule has 0 aromatic heterocycles. The van der Waals surface area contributed by atoms with E-state index in [-0.39, 0.29) is 19.6 Å². The van der Waals surface area contributed by atoms with E-state index in [4.69, 9.17) is 5.73 Å². The summed E-state index contributed by atoms with van der Waals surface area (Å²) in [6, 6.07) is 9.11. The summed E-state index contributed by atoms with van der Waals surface area (Å²) in [5.41, 5.74) is 6.26. The molecule has 1 rings (SSSR count). The van der Waals surface area contributed by atoms with Crippen LogP contribution < -0.4 is 5.73 Å². The number of halogens is 3. The number of carbonyl (C=O) groups is 1. The zero-order valence-corrected chi connectivity index (χ0v) is 10.5. The number of hydrogen-bond donors (Lipinski definition) is 1. The van der Waals surface area contributed by atoms with Crippen LogP contribution in [0.15, 0.2) is 30.3 Å². The van der Waals surface area contributed by atoms with Crippen molar-refractivity contribution in [2.75, 3.05) is 13.1 Å². The Morgan fingerprint density at radius 3 is 2.37 bits per heavy atom. The summed E-state index contributed by atoms with van der Waals surface area (Å²) in [4.78, 5) is 13.1. The van der Waals surface area contributed by atoms with Gasteiger partial charge in [0.15, 0.2) is 0 Å². The number of nitrogens with two attached hydrogens (primary N) is 1. The van der Waals surface area contributed by atoms with Crippen molar-refractivity contribution in [3.05, 3.63) is 35.9 Å².